The Kier molecular flexibility index (Phi) is 5.54. The molecule has 0 saturated heterocycles. The fraction of sp³-hybridized carbons (Fsp3) is 0.240. The number of fused-ring (bicyclic) bond motifs is 1. The van der Waals surface area contributed by atoms with Crippen LogP contribution in [0.15, 0.2) is 78.9 Å². The van der Waals surface area contributed by atoms with Gasteiger partial charge in [-0.15, -0.1) is 0 Å². The van der Waals surface area contributed by atoms with Gasteiger partial charge in [-0.1, -0.05) is 78.9 Å². The van der Waals surface area contributed by atoms with E-state index in [9.17, 15) is 4.79 Å². The molecule has 0 radical (unpaired) electrons. The quantitative estimate of drug-likeness (QED) is 0.601. The Morgan fingerprint density at radius 2 is 1.54 bits per heavy atom. The Morgan fingerprint density at radius 1 is 0.893 bits per heavy atom. The smallest absolute Gasteiger partial charge is 0.323 e. The van der Waals surface area contributed by atoms with Crippen LogP contribution in [0.2, 0.25) is 0 Å². The first-order chi connectivity index (χ1) is 13.7. The lowest BCUT2D eigenvalue weighted by molar-refractivity contribution is -0.150. The van der Waals surface area contributed by atoms with Gasteiger partial charge in [-0.2, -0.15) is 0 Å². The minimum absolute atomic E-state index is 0.127. The van der Waals surface area contributed by atoms with Gasteiger partial charge in [-0.05, 0) is 41.2 Å². The van der Waals surface area contributed by atoms with Crippen molar-refractivity contribution < 1.29 is 9.53 Å². The van der Waals surface area contributed by atoms with Crippen LogP contribution in [0.25, 0.3) is 11.1 Å². The summed E-state index contributed by atoms with van der Waals surface area (Å²) in [6.45, 7) is 3.77. The lowest BCUT2D eigenvalue weighted by Gasteiger charge is -2.35. The van der Waals surface area contributed by atoms with Crippen molar-refractivity contribution in [3.05, 3.63) is 95.6 Å². The van der Waals surface area contributed by atoms with Crippen molar-refractivity contribution in [3.63, 3.8) is 0 Å². The van der Waals surface area contributed by atoms with Gasteiger partial charge in [-0.3, -0.25) is 9.69 Å². The Bertz CT molecular complexity index is 934. The largest absolute Gasteiger partial charge is 0.465 e. The second-order valence-corrected chi connectivity index (χ2v) is 7.21. The maximum Gasteiger partial charge on any atom is 0.323 e. The molecule has 4 rings (SSSR count). The van der Waals surface area contributed by atoms with Crippen molar-refractivity contribution in [2.45, 2.75) is 32.5 Å². The van der Waals surface area contributed by atoms with E-state index in [1.165, 1.54) is 27.8 Å². The first-order valence-corrected chi connectivity index (χ1v) is 9.86. The Hall–Kier alpha value is -2.91. The lowest BCUT2D eigenvalue weighted by Crippen LogP contribution is -2.45. The van der Waals surface area contributed by atoms with Crippen molar-refractivity contribution in [2.75, 3.05) is 6.61 Å². The van der Waals surface area contributed by atoms with E-state index in [2.05, 4.69) is 71.6 Å². The van der Waals surface area contributed by atoms with E-state index >= 15 is 0 Å². The molecule has 3 nitrogen and oxygen atoms in total. The molecule has 1 unspecified atom stereocenters. The van der Waals surface area contributed by atoms with E-state index < -0.39 is 0 Å². The van der Waals surface area contributed by atoms with Crippen LogP contribution in [-0.4, -0.2) is 23.5 Å². The lowest BCUT2D eigenvalue weighted by atomic mass is 9.93. The van der Waals surface area contributed by atoms with Gasteiger partial charge in [0.15, 0.2) is 0 Å². The monoisotopic (exact) mass is 371 g/mol. The molecule has 1 heterocycles. The molecule has 3 heteroatoms. The summed E-state index contributed by atoms with van der Waals surface area (Å²) in [7, 11) is 0. The Morgan fingerprint density at radius 3 is 2.25 bits per heavy atom. The molecule has 0 fully saturated rings. The molecule has 0 saturated carbocycles. The molecule has 1 aliphatic rings. The topological polar surface area (TPSA) is 29.5 Å². The zero-order chi connectivity index (χ0) is 19.3. The Balaban J connectivity index is 1.55. The number of carbonyl (C=O) groups is 1. The minimum Gasteiger partial charge on any atom is -0.465 e. The third-order valence-corrected chi connectivity index (χ3v) is 5.35. The maximum absolute atomic E-state index is 12.6. The highest BCUT2D eigenvalue weighted by Crippen LogP contribution is 2.26. The van der Waals surface area contributed by atoms with E-state index in [4.69, 9.17) is 4.74 Å². The van der Waals surface area contributed by atoms with E-state index in [1.807, 2.05) is 19.1 Å². The van der Waals surface area contributed by atoms with Gasteiger partial charge in [0.1, 0.15) is 6.04 Å². The van der Waals surface area contributed by atoms with Crippen LogP contribution in [0, 0.1) is 0 Å². The molecule has 0 amide bonds. The highest BCUT2D eigenvalue weighted by molar-refractivity contribution is 5.76. The summed E-state index contributed by atoms with van der Waals surface area (Å²) in [6.07, 6.45) is 0.705. The van der Waals surface area contributed by atoms with Crippen LogP contribution in [0.4, 0.5) is 0 Å². The summed E-state index contributed by atoms with van der Waals surface area (Å²) < 4.78 is 5.36. The summed E-state index contributed by atoms with van der Waals surface area (Å²) >= 11 is 0. The summed E-state index contributed by atoms with van der Waals surface area (Å²) in [5.74, 6) is -0.127. The van der Waals surface area contributed by atoms with Crippen LogP contribution in [-0.2, 0) is 29.0 Å². The fourth-order valence-electron chi connectivity index (χ4n) is 3.88. The summed E-state index contributed by atoms with van der Waals surface area (Å²) in [6, 6.07) is 27.1. The second-order valence-electron chi connectivity index (χ2n) is 7.21. The van der Waals surface area contributed by atoms with Gasteiger partial charge in [0.2, 0.25) is 0 Å². The standard InChI is InChI=1S/C25H25NO2/c1-2-28-25(27)24-16-22-10-6-7-11-23(22)18-26(24)17-19-12-14-21(15-13-19)20-8-4-3-5-9-20/h3-15,24H,2,16-18H2,1H3. The van der Waals surface area contributed by atoms with Gasteiger partial charge in [0.25, 0.3) is 0 Å². The molecule has 1 atom stereocenters. The number of hydrogen-bond donors (Lipinski definition) is 0. The average Bonchev–Trinajstić information content (AvgIpc) is 2.74. The van der Waals surface area contributed by atoms with Crippen molar-refractivity contribution in [1.82, 2.24) is 4.90 Å². The Labute approximate surface area is 166 Å². The fourth-order valence-corrected chi connectivity index (χ4v) is 3.88. The molecule has 1 aliphatic heterocycles. The number of nitrogens with zero attached hydrogens (tertiary/aromatic N) is 1. The van der Waals surface area contributed by atoms with Crippen LogP contribution in [0.1, 0.15) is 23.6 Å². The third-order valence-electron chi connectivity index (χ3n) is 5.35. The zero-order valence-electron chi connectivity index (χ0n) is 16.2. The molecule has 28 heavy (non-hydrogen) atoms. The summed E-state index contributed by atoms with van der Waals surface area (Å²) in [5.41, 5.74) is 6.16. The number of rotatable bonds is 5. The van der Waals surface area contributed by atoms with Gasteiger partial charge < -0.3 is 4.74 Å². The third kappa shape index (κ3) is 4.00. The van der Waals surface area contributed by atoms with Crippen molar-refractivity contribution >= 4 is 5.97 Å². The molecule has 3 aromatic carbocycles. The molecular weight excluding hydrogens is 346 g/mol. The van der Waals surface area contributed by atoms with E-state index in [0.717, 1.165) is 13.1 Å². The van der Waals surface area contributed by atoms with Crippen LogP contribution >= 0.6 is 0 Å². The number of esters is 1. The first kappa shape index (κ1) is 18.5. The van der Waals surface area contributed by atoms with E-state index in [1.54, 1.807) is 0 Å². The number of carbonyl (C=O) groups excluding carboxylic acids is 1. The van der Waals surface area contributed by atoms with E-state index in [0.29, 0.717) is 13.0 Å². The van der Waals surface area contributed by atoms with Crippen LogP contribution in [0.3, 0.4) is 0 Å². The first-order valence-electron chi connectivity index (χ1n) is 9.86. The van der Waals surface area contributed by atoms with Crippen LogP contribution < -0.4 is 0 Å². The number of ether oxygens (including phenoxy) is 1. The van der Waals surface area contributed by atoms with Crippen molar-refractivity contribution in [2.24, 2.45) is 0 Å². The molecule has 0 spiro atoms. The molecular formula is C25H25NO2. The zero-order valence-corrected chi connectivity index (χ0v) is 16.2. The second kappa shape index (κ2) is 8.41. The molecule has 0 bridgehead atoms. The molecule has 0 N–H and O–H groups in total. The van der Waals surface area contributed by atoms with Gasteiger partial charge in [-0.25, -0.2) is 0 Å². The minimum atomic E-state index is -0.233. The van der Waals surface area contributed by atoms with Crippen molar-refractivity contribution in [3.8, 4) is 11.1 Å². The SMILES string of the molecule is CCOC(=O)C1Cc2ccccc2CN1Cc1ccc(-c2ccccc2)cc1. The van der Waals surface area contributed by atoms with Crippen molar-refractivity contribution in [1.29, 1.82) is 0 Å². The van der Waals surface area contributed by atoms with Gasteiger partial charge in [0.05, 0.1) is 6.61 Å². The number of benzene rings is 3. The predicted octanol–water partition coefficient (Wildman–Crippen LogP) is 4.84. The van der Waals surface area contributed by atoms with E-state index in [-0.39, 0.29) is 12.0 Å². The molecule has 0 aromatic heterocycles. The van der Waals surface area contributed by atoms with Gasteiger partial charge >= 0.3 is 5.97 Å². The highest BCUT2D eigenvalue weighted by Gasteiger charge is 2.32. The maximum atomic E-state index is 12.6. The highest BCUT2D eigenvalue weighted by atomic mass is 16.5. The summed E-state index contributed by atoms with van der Waals surface area (Å²) in [5, 5.41) is 0. The average molecular weight is 371 g/mol. The molecule has 3 aromatic rings. The number of hydrogen-bond acceptors (Lipinski definition) is 3. The molecule has 0 aliphatic carbocycles. The molecule has 142 valence electrons. The van der Waals surface area contributed by atoms with Crippen LogP contribution in [0.5, 0.6) is 0 Å². The normalized spacial score (nSPS) is 16.4. The summed E-state index contributed by atoms with van der Waals surface area (Å²) in [4.78, 5) is 14.8. The van der Waals surface area contributed by atoms with Gasteiger partial charge in [0, 0.05) is 13.1 Å². The predicted molar refractivity (Wildman–Crippen MR) is 112 cm³/mol.